The summed E-state index contributed by atoms with van der Waals surface area (Å²) >= 11 is 0. The van der Waals surface area contributed by atoms with Crippen LogP contribution >= 0.6 is 0 Å². The van der Waals surface area contributed by atoms with Gasteiger partial charge in [0.25, 0.3) is 0 Å². The standard InChI is InChI=1S/C18H29NO/c1-5-16(15-10-6-7-12-18(15)20-4)19-17-11-8-9-13(2)14(17)3/h6-7,10,12-14,16-17,19H,5,8-9,11H2,1-4H3. The lowest BCUT2D eigenvalue weighted by atomic mass is 9.77. The van der Waals surface area contributed by atoms with Gasteiger partial charge in [-0.1, -0.05) is 51.8 Å². The smallest absolute Gasteiger partial charge is 0.123 e. The second kappa shape index (κ2) is 7.12. The van der Waals surface area contributed by atoms with E-state index in [9.17, 15) is 0 Å². The van der Waals surface area contributed by atoms with Crippen LogP contribution in [0.3, 0.4) is 0 Å². The van der Waals surface area contributed by atoms with Crippen LogP contribution in [0.25, 0.3) is 0 Å². The maximum absolute atomic E-state index is 5.53. The highest BCUT2D eigenvalue weighted by molar-refractivity contribution is 5.35. The Bertz CT molecular complexity index is 418. The van der Waals surface area contributed by atoms with E-state index in [1.807, 2.05) is 6.07 Å². The topological polar surface area (TPSA) is 21.3 Å². The third-order valence-electron chi connectivity index (χ3n) is 5.04. The highest BCUT2D eigenvalue weighted by Gasteiger charge is 2.29. The molecule has 2 nitrogen and oxygen atoms in total. The summed E-state index contributed by atoms with van der Waals surface area (Å²) in [6.45, 7) is 7.04. The van der Waals surface area contributed by atoms with Crippen molar-refractivity contribution in [3.8, 4) is 5.75 Å². The van der Waals surface area contributed by atoms with Crippen molar-refractivity contribution in [1.82, 2.24) is 5.32 Å². The van der Waals surface area contributed by atoms with Crippen molar-refractivity contribution in [2.45, 2.75) is 58.5 Å². The molecule has 1 aromatic carbocycles. The summed E-state index contributed by atoms with van der Waals surface area (Å²) in [4.78, 5) is 0. The largest absolute Gasteiger partial charge is 0.496 e. The van der Waals surface area contributed by atoms with E-state index in [0.717, 1.165) is 24.0 Å². The van der Waals surface area contributed by atoms with Gasteiger partial charge < -0.3 is 10.1 Å². The summed E-state index contributed by atoms with van der Waals surface area (Å²) in [5.41, 5.74) is 1.29. The van der Waals surface area contributed by atoms with Gasteiger partial charge in [-0.25, -0.2) is 0 Å². The van der Waals surface area contributed by atoms with Crippen molar-refractivity contribution < 1.29 is 4.74 Å². The quantitative estimate of drug-likeness (QED) is 0.850. The van der Waals surface area contributed by atoms with Gasteiger partial charge >= 0.3 is 0 Å². The van der Waals surface area contributed by atoms with Crippen LogP contribution in [-0.2, 0) is 0 Å². The van der Waals surface area contributed by atoms with Gasteiger partial charge in [-0.2, -0.15) is 0 Å². The van der Waals surface area contributed by atoms with Crippen molar-refractivity contribution in [2.24, 2.45) is 11.8 Å². The summed E-state index contributed by atoms with van der Waals surface area (Å²) in [7, 11) is 1.76. The Hall–Kier alpha value is -1.02. The molecule has 1 N–H and O–H groups in total. The molecule has 0 aromatic heterocycles. The Kier molecular flexibility index (Phi) is 5.47. The first-order chi connectivity index (χ1) is 9.67. The van der Waals surface area contributed by atoms with Crippen LogP contribution in [0.5, 0.6) is 5.75 Å². The zero-order valence-electron chi connectivity index (χ0n) is 13.4. The van der Waals surface area contributed by atoms with Crippen LogP contribution in [-0.4, -0.2) is 13.2 Å². The molecule has 1 saturated carbocycles. The fourth-order valence-corrected chi connectivity index (χ4v) is 3.46. The minimum atomic E-state index is 0.392. The van der Waals surface area contributed by atoms with Gasteiger partial charge in [0.15, 0.2) is 0 Å². The molecule has 20 heavy (non-hydrogen) atoms. The maximum Gasteiger partial charge on any atom is 0.123 e. The van der Waals surface area contributed by atoms with Crippen molar-refractivity contribution in [1.29, 1.82) is 0 Å². The molecule has 1 aliphatic carbocycles. The van der Waals surface area contributed by atoms with Gasteiger partial charge in [-0.3, -0.25) is 0 Å². The lowest BCUT2D eigenvalue weighted by Crippen LogP contribution is -2.42. The lowest BCUT2D eigenvalue weighted by molar-refractivity contribution is 0.191. The van der Waals surface area contributed by atoms with E-state index in [1.165, 1.54) is 24.8 Å². The number of nitrogens with one attached hydrogen (secondary N) is 1. The Labute approximate surface area is 123 Å². The van der Waals surface area contributed by atoms with Gasteiger partial charge in [0, 0.05) is 17.6 Å². The van der Waals surface area contributed by atoms with E-state index in [2.05, 4.69) is 44.3 Å². The number of benzene rings is 1. The van der Waals surface area contributed by atoms with E-state index in [0.29, 0.717) is 12.1 Å². The molecule has 2 rings (SSSR count). The second-order valence-corrected chi connectivity index (χ2v) is 6.24. The summed E-state index contributed by atoms with van der Waals surface area (Å²) in [6.07, 6.45) is 5.13. The Balaban J connectivity index is 2.12. The van der Waals surface area contributed by atoms with Crippen LogP contribution in [0.4, 0.5) is 0 Å². The molecule has 4 unspecified atom stereocenters. The Morgan fingerprint density at radius 3 is 2.70 bits per heavy atom. The van der Waals surface area contributed by atoms with Crippen LogP contribution in [0.15, 0.2) is 24.3 Å². The monoisotopic (exact) mass is 275 g/mol. The first-order valence-electron chi connectivity index (χ1n) is 8.06. The molecule has 0 heterocycles. The SMILES string of the molecule is CCC(NC1CCCC(C)C1C)c1ccccc1OC. The molecule has 112 valence electrons. The van der Waals surface area contributed by atoms with Gasteiger partial charge in [0.1, 0.15) is 5.75 Å². The Morgan fingerprint density at radius 1 is 1.25 bits per heavy atom. The third-order valence-corrected chi connectivity index (χ3v) is 5.04. The molecule has 2 heteroatoms. The maximum atomic E-state index is 5.53. The van der Waals surface area contributed by atoms with Crippen LogP contribution in [0, 0.1) is 11.8 Å². The molecule has 0 aliphatic heterocycles. The molecular weight excluding hydrogens is 246 g/mol. The lowest BCUT2D eigenvalue weighted by Gasteiger charge is -2.37. The van der Waals surface area contributed by atoms with Gasteiger partial charge in [-0.05, 0) is 30.7 Å². The molecule has 0 amide bonds. The van der Waals surface area contributed by atoms with Crippen molar-refractivity contribution >= 4 is 0 Å². The number of methoxy groups -OCH3 is 1. The minimum Gasteiger partial charge on any atom is -0.496 e. The molecule has 1 aromatic rings. The number of hydrogen-bond acceptors (Lipinski definition) is 2. The zero-order chi connectivity index (χ0) is 14.5. The predicted molar refractivity (Wildman–Crippen MR) is 85.1 cm³/mol. The normalized spacial score (nSPS) is 28.1. The van der Waals surface area contributed by atoms with E-state index in [-0.39, 0.29) is 0 Å². The zero-order valence-corrected chi connectivity index (χ0v) is 13.4. The first-order valence-corrected chi connectivity index (χ1v) is 8.06. The van der Waals surface area contributed by atoms with E-state index >= 15 is 0 Å². The van der Waals surface area contributed by atoms with E-state index in [1.54, 1.807) is 7.11 Å². The number of hydrogen-bond donors (Lipinski definition) is 1. The van der Waals surface area contributed by atoms with Crippen LogP contribution in [0.2, 0.25) is 0 Å². The van der Waals surface area contributed by atoms with Crippen molar-refractivity contribution in [3.05, 3.63) is 29.8 Å². The van der Waals surface area contributed by atoms with Gasteiger partial charge in [0.2, 0.25) is 0 Å². The second-order valence-electron chi connectivity index (χ2n) is 6.24. The molecule has 0 bridgehead atoms. The summed E-state index contributed by atoms with van der Waals surface area (Å²) in [5, 5.41) is 3.90. The number of ether oxygens (including phenoxy) is 1. The average molecular weight is 275 g/mol. The van der Waals surface area contributed by atoms with Gasteiger partial charge in [0.05, 0.1) is 7.11 Å². The predicted octanol–water partition coefficient (Wildman–Crippen LogP) is 4.56. The minimum absolute atomic E-state index is 0.392. The van der Waals surface area contributed by atoms with E-state index in [4.69, 9.17) is 4.74 Å². The average Bonchev–Trinajstić information content (AvgIpc) is 2.49. The van der Waals surface area contributed by atoms with Crippen molar-refractivity contribution in [3.63, 3.8) is 0 Å². The molecule has 0 saturated heterocycles. The molecule has 0 radical (unpaired) electrons. The molecular formula is C18H29NO. The number of rotatable bonds is 5. The highest BCUT2D eigenvalue weighted by atomic mass is 16.5. The molecule has 1 fully saturated rings. The fourth-order valence-electron chi connectivity index (χ4n) is 3.46. The van der Waals surface area contributed by atoms with E-state index < -0.39 is 0 Å². The van der Waals surface area contributed by atoms with Gasteiger partial charge in [-0.15, -0.1) is 0 Å². The molecule has 1 aliphatic rings. The first kappa shape index (κ1) is 15.4. The fraction of sp³-hybridized carbons (Fsp3) is 0.667. The number of para-hydroxylation sites is 1. The third kappa shape index (κ3) is 3.35. The summed E-state index contributed by atoms with van der Waals surface area (Å²) in [6, 6.07) is 9.43. The van der Waals surface area contributed by atoms with Crippen molar-refractivity contribution in [2.75, 3.05) is 7.11 Å². The summed E-state index contributed by atoms with van der Waals surface area (Å²) in [5.74, 6) is 2.59. The Morgan fingerprint density at radius 2 is 2.00 bits per heavy atom. The van der Waals surface area contributed by atoms with Crippen LogP contribution in [0.1, 0.15) is 58.1 Å². The molecule has 4 atom stereocenters. The highest BCUT2D eigenvalue weighted by Crippen LogP contribution is 2.33. The summed E-state index contributed by atoms with van der Waals surface area (Å²) < 4.78 is 5.53. The molecule has 0 spiro atoms. The van der Waals surface area contributed by atoms with Crippen LogP contribution < -0.4 is 10.1 Å².